The van der Waals surface area contributed by atoms with Crippen molar-refractivity contribution in [2.75, 3.05) is 21.3 Å². The molecule has 304 valence electrons. The van der Waals surface area contributed by atoms with Crippen molar-refractivity contribution in [1.29, 1.82) is 0 Å². The molecule has 3 heterocycles. The summed E-state index contributed by atoms with van der Waals surface area (Å²) in [6, 6.07) is -1.38. The molecule has 0 spiro atoms. The van der Waals surface area contributed by atoms with Crippen LogP contribution in [0.2, 0.25) is 0 Å². The van der Waals surface area contributed by atoms with E-state index >= 15 is 0 Å². The van der Waals surface area contributed by atoms with Crippen LogP contribution in [0.25, 0.3) is 0 Å². The van der Waals surface area contributed by atoms with Gasteiger partial charge in [0.2, 0.25) is 5.79 Å². The van der Waals surface area contributed by atoms with Crippen molar-refractivity contribution >= 4 is 23.4 Å². The number of fused-ring (bicyclic) bond motifs is 3. The average Bonchev–Trinajstić information content (AvgIpc) is 3.14. The highest BCUT2D eigenvalue weighted by Crippen LogP contribution is 2.39. The van der Waals surface area contributed by atoms with E-state index < -0.39 is 71.8 Å². The predicted molar refractivity (Wildman–Crippen MR) is 199 cm³/mol. The zero-order valence-electron chi connectivity index (χ0n) is 33.3. The maximum atomic E-state index is 14.2. The first kappa shape index (κ1) is 43.8. The largest absolute Gasteiger partial charge is 0.495 e. The predicted octanol–water partition coefficient (Wildman–Crippen LogP) is 4.88. The lowest BCUT2D eigenvalue weighted by Gasteiger charge is -2.46. The van der Waals surface area contributed by atoms with Crippen LogP contribution >= 0.6 is 0 Å². The van der Waals surface area contributed by atoms with Crippen LogP contribution in [-0.4, -0.2) is 113 Å². The normalized spacial score (nSPS) is 38.8. The summed E-state index contributed by atoms with van der Waals surface area (Å²) < 4.78 is 29.5. The van der Waals surface area contributed by atoms with E-state index in [9.17, 15) is 34.5 Å². The summed E-state index contributed by atoms with van der Waals surface area (Å²) in [5, 5.41) is 33.3. The standard InChI is InChI=1S/C41H63NO12/c1-23-12-15-29(43)16-13-25(3)36(26(4)20-28-14-17-31(44)32(22-28)50-6)53-40(48)30-10-9-11-35(45)42(30)39(47)38(46)41(49)27(5)21-34(52-8)37(54-41)33(51-7)19-24(2)18-23/h11-12,20,24-25,27-28,30-34,36-37,44-45,49H,9-10,13-19,21-22H2,1-8H3. The van der Waals surface area contributed by atoms with Crippen LogP contribution in [0.5, 0.6) is 0 Å². The summed E-state index contributed by atoms with van der Waals surface area (Å²) >= 11 is 0. The molecule has 1 saturated carbocycles. The number of allylic oxidation sites excluding steroid dienone is 4. The van der Waals surface area contributed by atoms with Crippen LogP contribution in [0.4, 0.5) is 0 Å². The summed E-state index contributed by atoms with van der Waals surface area (Å²) in [4.78, 5) is 56.3. The molecule has 3 aliphatic heterocycles. The lowest BCUT2D eigenvalue weighted by atomic mass is 9.82. The Kier molecular flexibility index (Phi) is 15.6. The number of methoxy groups -OCH3 is 3. The number of carbonyl (C=O) groups is 4. The highest BCUT2D eigenvalue weighted by molar-refractivity contribution is 6.39. The lowest BCUT2D eigenvalue weighted by Crippen LogP contribution is -2.64. The number of rotatable bonds is 5. The van der Waals surface area contributed by atoms with Crippen molar-refractivity contribution in [2.24, 2.45) is 23.7 Å². The minimum Gasteiger partial charge on any atom is -0.495 e. The molecule has 0 aromatic heterocycles. The fourth-order valence-electron chi connectivity index (χ4n) is 8.64. The third-order valence-corrected chi connectivity index (χ3v) is 11.9. The zero-order valence-corrected chi connectivity index (χ0v) is 33.3. The maximum absolute atomic E-state index is 14.2. The van der Waals surface area contributed by atoms with Crippen LogP contribution in [0.15, 0.2) is 35.3 Å². The van der Waals surface area contributed by atoms with Crippen molar-refractivity contribution in [3.63, 3.8) is 0 Å². The van der Waals surface area contributed by atoms with Crippen molar-refractivity contribution in [3.05, 3.63) is 35.3 Å². The molecule has 3 N–H and O–H groups in total. The van der Waals surface area contributed by atoms with Gasteiger partial charge in [-0.05, 0) is 101 Å². The first-order valence-electron chi connectivity index (χ1n) is 19.5. The van der Waals surface area contributed by atoms with Gasteiger partial charge in [-0.15, -0.1) is 0 Å². The average molecular weight is 762 g/mol. The van der Waals surface area contributed by atoms with Gasteiger partial charge in [0.05, 0.1) is 24.4 Å². The Morgan fingerprint density at radius 2 is 1.59 bits per heavy atom. The molecule has 2 bridgehead atoms. The molecule has 0 aromatic carbocycles. The molecule has 2 fully saturated rings. The molecule has 0 aromatic rings. The van der Waals surface area contributed by atoms with E-state index in [1.54, 1.807) is 14.0 Å². The molecule has 12 unspecified atom stereocenters. The second-order valence-electron chi connectivity index (χ2n) is 16.2. The Morgan fingerprint density at radius 1 is 0.926 bits per heavy atom. The fraction of sp³-hybridized carbons (Fsp3) is 0.756. The Labute approximate surface area is 320 Å². The Balaban J connectivity index is 1.73. The van der Waals surface area contributed by atoms with Gasteiger partial charge in [-0.2, -0.15) is 0 Å². The van der Waals surface area contributed by atoms with Gasteiger partial charge in [-0.25, -0.2) is 4.79 Å². The number of esters is 1. The van der Waals surface area contributed by atoms with Gasteiger partial charge in [-0.3, -0.25) is 19.3 Å². The molecule has 12 atom stereocenters. The van der Waals surface area contributed by atoms with Crippen LogP contribution in [0, 0.1) is 23.7 Å². The van der Waals surface area contributed by atoms with Gasteiger partial charge in [-0.1, -0.05) is 38.5 Å². The fourth-order valence-corrected chi connectivity index (χ4v) is 8.64. The number of hydrogen-bond acceptors (Lipinski definition) is 12. The third-order valence-electron chi connectivity index (χ3n) is 11.9. The Bertz CT molecular complexity index is 1440. The van der Waals surface area contributed by atoms with Gasteiger partial charge < -0.3 is 39.0 Å². The molecular weight excluding hydrogens is 698 g/mol. The van der Waals surface area contributed by atoms with E-state index in [0.717, 1.165) is 11.1 Å². The second kappa shape index (κ2) is 19.3. The summed E-state index contributed by atoms with van der Waals surface area (Å²) in [6.45, 7) is 9.36. The van der Waals surface area contributed by atoms with E-state index in [1.165, 1.54) is 20.3 Å². The van der Waals surface area contributed by atoms with Crippen molar-refractivity contribution in [2.45, 2.75) is 154 Å². The first-order chi connectivity index (χ1) is 25.5. The number of aliphatic hydroxyl groups excluding tert-OH is 2. The number of ketones is 2. The van der Waals surface area contributed by atoms with E-state index in [-0.39, 0.29) is 61.7 Å². The molecule has 4 rings (SSSR count). The monoisotopic (exact) mass is 761 g/mol. The second-order valence-corrected chi connectivity index (χ2v) is 16.2. The van der Waals surface area contributed by atoms with E-state index in [1.807, 2.05) is 39.8 Å². The summed E-state index contributed by atoms with van der Waals surface area (Å²) in [5.74, 6) is -7.73. The van der Waals surface area contributed by atoms with Crippen LogP contribution < -0.4 is 0 Å². The smallest absolute Gasteiger partial charge is 0.330 e. The van der Waals surface area contributed by atoms with Crippen molar-refractivity contribution < 1.29 is 58.2 Å². The van der Waals surface area contributed by atoms with Gasteiger partial charge in [0.25, 0.3) is 5.78 Å². The van der Waals surface area contributed by atoms with E-state index in [2.05, 4.69) is 0 Å². The molecule has 0 radical (unpaired) electrons. The van der Waals surface area contributed by atoms with E-state index in [4.69, 9.17) is 23.7 Å². The topological polar surface area (TPSA) is 178 Å². The van der Waals surface area contributed by atoms with Gasteiger partial charge in [0.15, 0.2) is 5.88 Å². The molecule has 1 saturated heterocycles. The van der Waals surface area contributed by atoms with Gasteiger partial charge >= 0.3 is 11.9 Å². The molecule has 1 aliphatic carbocycles. The summed E-state index contributed by atoms with van der Waals surface area (Å²) in [5.41, 5.74) is 1.78. The Hall–Kier alpha value is -2.94. The number of hydrogen-bond donors (Lipinski definition) is 3. The number of ether oxygens (including phenoxy) is 5. The van der Waals surface area contributed by atoms with Crippen LogP contribution in [0.1, 0.15) is 105 Å². The highest BCUT2D eigenvalue weighted by atomic mass is 16.7. The maximum Gasteiger partial charge on any atom is 0.330 e. The highest BCUT2D eigenvalue weighted by Gasteiger charge is 2.57. The number of aliphatic hydroxyl groups is 3. The minimum atomic E-state index is -2.61. The number of cyclic esters (lactones) is 1. The third kappa shape index (κ3) is 10.3. The molecule has 13 heteroatoms. The molecule has 1 amide bonds. The first-order valence-corrected chi connectivity index (χ1v) is 19.5. The number of carbonyl (C=O) groups excluding carboxylic acids is 4. The molecular formula is C41H63NO12. The van der Waals surface area contributed by atoms with Crippen LogP contribution in [0.3, 0.4) is 0 Å². The van der Waals surface area contributed by atoms with E-state index in [0.29, 0.717) is 43.4 Å². The SMILES string of the molecule is COC1CC(C=C(C)C2OC(=O)C3CCC=C(O)N3C(=O)C(=O)C3(O)OC(C(OC)CC(C)CC(C)=CCC(=O)CCC2C)C(OC)CC3C)CCC1O. The molecule has 54 heavy (non-hydrogen) atoms. The van der Waals surface area contributed by atoms with Gasteiger partial charge in [0.1, 0.15) is 24.0 Å². The van der Waals surface area contributed by atoms with Crippen molar-refractivity contribution in [1.82, 2.24) is 4.90 Å². The number of Topliss-reactive ketones (excluding diaryl/α,β-unsaturated/α-hetero) is 2. The minimum absolute atomic E-state index is 0.0429. The van der Waals surface area contributed by atoms with Gasteiger partial charge in [0, 0.05) is 40.1 Å². The summed E-state index contributed by atoms with van der Waals surface area (Å²) in [7, 11) is 4.58. The van der Waals surface area contributed by atoms with Crippen molar-refractivity contribution in [3.8, 4) is 0 Å². The van der Waals surface area contributed by atoms with Crippen LogP contribution in [-0.2, 0) is 42.9 Å². The molecule has 13 nitrogen and oxygen atoms in total. The molecule has 4 aliphatic rings. The lowest BCUT2D eigenvalue weighted by molar-refractivity contribution is -0.302. The number of nitrogens with zero attached hydrogens (tertiary/aromatic N) is 1. The zero-order chi connectivity index (χ0) is 39.9. The quantitative estimate of drug-likeness (QED) is 0.197. The summed E-state index contributed by atoms with van der Waals surface area (Å²) in [6.07, 6.45) is 5.85. The number of amides is 1. The Morgan fingerprint density at radius 3 is 2.26 bits per heavy atom.